The molecule has 29 heavy (non-hydrogen) atoms. The van der Waals surface area contributed by atoms with Gasteiger partial charge < -0.3 is 10.6 Å². The molecule has 3 N–H and O–H groups in total. The first-order chi connectivity index (χ1) is 14.0. The molecule has 8 heteroatoms. The second-order valence-corrected chi connectivity index (χ2v) is 7.96. The quantitative estimate of drug-likeness (QED) is 0.631. The molecule has 0 radical (unpaired) electrons. The number of hydrogen-bond donors (Lipinski definition) is 3. The van der Waals surface area contributed by atoms with Crippen molar-refractivity contribution in [3.63, 3.8) is 0 Å². The van der Waals surface area contributed by atoms with Crippen molar-refractivity contribution < 1.29 is 19.2 Å². The molecule has 154 valence electrons. The number of nitrogens with one attached hydrogen (secondary N) is 3. The zero-order valence-electron chi connectivity index (χ0n) is 16.3. The van der Waals surface area contributed by atoms with E-state index in [0.29, 0.717) is 23.7 Å². The summed E-state index contributed by atoms with van der Waals surface area (Å²) in [5.41, 5.74) is 1.56. The van der Waals surface area contributed by atoms with Crippen LogP contribution in [-0.2, 0) is 16.1 Å². The van der Waals surface area contributed by atoms with E-state index in [1.54, 1.807) is 12.1 Å². The van der Waals surface area contributed by atoms with Gasteiger partial charge in [-0.3, -0.25) is 29.4 Å². The lowest BCUT2D eigenvalue weighted by Crippen LogP contribution is -2.54. The minimum Gasteiger partial charge on any atom is -0.313 e. The fourth-order valence-corrected chi connectivity index (χ4v) is 4.29. The van der Waals surface area contributed by atoms with Gasteiger partial charge in [-0.25, -0.2) is 0 Å². The van der Waals surface area contributed by atoms with Gasteiger partial charge in [0.25, 0.3) is 11.8 Å². The number of carbonyl (C=O) groups excluding carboxylic acids is 4. The maximum absolute atomic E-state index is 12.9. The Labute approximate surface area is 169 Å². The number of fused-ring (bicyclic) bond motifs is 1. The van der Waals surface area contributed by atoms with Crippen molar-refractivity contribution in [2.24, 2.45) is 0 Å². The van der Waals surface area contributed by atoms with Crippen LogP contribution in [0.15, 0.2) is 18.2 Å². The van der Waals surface area contributed by atoms with Gasteiger partial charge >= 0.3 is 0 Å². The zero-order valence-corrected chi connectivity index (χ0v) is 16.3. The highest BCUT2D eigenvalue weighted by molar-refractivity contribution is 6.23. The molecule has 3 aliphatic rings. The third-order valence-corrected chi connectivity index (χ3v) is 5.89. The lowest BCUT2D eigenvalue weighted by molar-refractivity contribution is -0.136. The Hall–Kier alpha value is -2.58. The predicted molar refractivity (Wildman–Crippen MR) is 105 cm³/mol. The van der Waals surface area contributed by atoms with Crippen LogP contribution in [0.4, 0.5) is 0 Å². The Kier molecular flexibility index (Phi) is 5.73. The smallest absolute Gasteiger partial charge is 0.262 e. The van der Waals surface area contributed by atoms with Crippen molar-refractivity contribution in [1.82, 2.24) is 20.9 Å². The third kappa shape index (κ3) is 4.09. The molecule has 0 saturated carbocycles. The van der Waals surface area contributed by atoms with Crippen LogP contribution in [0.25, 0.3) is 0 Å². The number of carbonyl (C=O) groups is 4. The topological polar surface area (TPSA) is 108 Å². The molecule has 8 nitrogen and oxygen atoms in total. The van der Waals surface area contributed by atoms with E-state index in [-0.39, 0.29) is 18.7 Å². The average Bonchev–Trinajstić information content (AvgIpc) is 2.87. The molecule has 2 atom stereocenters. The molecule has 4 rings (SSSR count). The molecule has 0 spiro atoms. The summed E-state index contributed by atoms with van der Waals surface area (Å²) in [5.74, 6) is -1.90. The molecular formula is C21H26N4O4. The Morgan fingerprint density at radius 1 is 1.00 bits per heavy atom. The summed E-state index contributed by atoms with van der Waals surface area (Å²) >= 11 is 0. The van der Waals surface area contributed by atoms with Crippen LogP contribution in [0, 0.1) is 0 Å². The highest BCUT2D eigenvalue weighted by Crippen LogP contribution is 2.28. The number of piperidine rings is 1. The van der Waals surface area contributed by atoms with Gasteiger partial charge in [-0.15, -0.1) is 0 Å². The van der Waals surface area contributed by atoms with Crippen LogP contribution in [0.2, 0.25) is 0 Å². The van der Waals surface area contributed by atoms with Crippen LogP contribution < -0.4 is 16.0 Å². The molecule has 2 saturated heterocycles. The van der Waals surface area contributed by atoms with Crippen LogP contribution in [0.5, 0.6) is 0 Å². The van der Waals surface area contributed by atoms with Gasteiger partial charge in [0.2, 0.25) is 11.8 Å². The minimum absolute atomic E-state index is 0.119. The van der Waals surface area contributed by atoms with E-state index >= 15 is 0 Å². The highest BCUT2D eigenvalue weighted by atomic mass is 16.2. The van der Waals surface area contributed by atoms with Gasteiger partial charge in [-0.1, -0.05) is 18.9 Å². The summed E-state index contributed by atoms with van der Waals surface area (Å²) in [6.07, 6.45) is 5.18. The number of imide groups is 2. The molecule has 0 bridgehead atoms. The first kappa shape index (κ1) is 19.7. The summed E-state index contributed by atoms with van der Waals surface area (Å²) in [6.45, 7) is 2.51. The van der Waals surface area contributed by atoms with Crippen molar-refractivity contribution in [2.45, 2.75) is 57.2 Å². The van der Waals surface area contributed by atoms with E-state index in [1.165, 1.54) is 19.3 Å². The van der Waals surface area contributed by atoms with E-state index in [1.807, 2.05) is 6.07 Å². The molecule has 4 amide bonds. The van der Waals surface area contributed by atoms with Crippen LogP contribution in [0.1, 0.15) is 64.8 Å². The summed E-state index contributed by atoms with van der Waals surface area (Å²) in [7, 11) is 0. The second kappa shape index (κ2) is 8.42. The number of hydrogen-bond acceptors (Lipinski definition) is 6. The summed E-state index contributed by atoms with van der Waals surface area (Å²) in [4.78, 5) is 50.1. The fraction of sp³-hybridized carbons (Fsp3) is 0.524. The summed E-state index contributed by atoms with van der Waals surface area (Å²) in [6, 6.07) is 4.75. The fourth-order valence-electron chi connectivity index (χ4n) is 4.29. The maximum atomic E-state index is 12.9. The lowest BCUT2D eigenvalue weighted by Gasteiger charge is -2.27. The largest absolute Gasteiger partial charge is 0.313 e. The Balaban J connectivity index is 1.41. The average molecular weight is 398 g/mol. The molecule has 0 aromatic heterocycles. The van der Waals surface area contributed by atoms with E-state index in [9.17, 15) is 19.2 Å². The van der Waals surface area contributed by atoms with E-state index in [0.717, 1.165) is 30.0 Å². The van der Waals surface area contributed by atoms with Crippen molar-refractivity contribution in [1.29, 1.82) is 0 Å². The normalized spacial score (nSPS) is 25.0. The second-order valence-electron chi connectivity index (χ2n) is 7.96. The number of amides is 4. The number of rotatable bonds is 5. The van der Waals surface area contributed by atoms with Crippen molar-refractivity contribution in [3.8, 4) is 0 Å². The summed E-state index contributed by atoms with van der Waals surface area (Å²) in [5, 5.41) is 9.18. The Morgan fingerprint density at radius 3 is 2.66 bits per heavy atom. The van der Waals surface area contributed by atoms with Crippen molar-refractivity contribution in [3.05, 3.63) is 34.9 Å². The predicted octanol–water partition coefficient (Wildman–Crippen LogP) is 0.710. The molecule has 3 aliphatic heterocycles. The molecule has 0 aliphatic carbocycles. The maximum Gasteiger partial charge on any atom is 0.262 e. The molecular weight excluding hydrogens is 372 g/mol. The van der Waals surface area contributed by atoms with E-state index < -0.39 is 23.8 Å². The van der Waals surface area contributed by atoms with Gasteiger partial charge in [0.1, 0.15) is 6.04 Å². The van der Waals surface area contributed by atoms with E-state index in [4.69, 9.17) is 0 Å². The van der Waals surface area contributed by atoms with Crippen LogP contribution in [-0.4, -0.2) is 53.7 Å². The third-order valence-electron chi connectivity index (χ3n) is 5.89. The Morgan fingerprint density at radius 2 is 1.83 bits per heavy atom. The number of nitrogens with zero attached hydrogens (tertiary/aromatic N) is 1. The summed E-state index contributed by atoms with van der Waals surface area (Å²) < 4.78 is 0. The molecule has 2 fully saturated rings. The lowest BCUT2D eigenvalue weighted by atomic mass is 10.0. The molecule has 1 aromatic carbocycles. The van der Waals surface area contributed by atoms with Gasteiger partial charge in [0.15, 0.2) is 0 Å². The van der Waals surface area contributed by atoms with Gasteiger partial charge in [-0.05, 0) is 43.5 Å². The zero-order chi connectivity index (χ0) is 20.4. The molecule has 3 heterocycles. The monoisotopic (exact) mass is 398 g/mol. The van der Waals surface area contributed by atoms with Crippen molar-refractivity contribution >= 4 is 23.6 Å². The first-order valence-electron chi connectivity index (χ1n) is 10.3. The van der Waals surface area contributed by atoms with Gasteiger partial charge in [-0.2, -0.15) is 0 Å². The van der Waals surface area contributed by atoms with Crippen molar-refractivity contribution in [2.75, 3.05) is 13.1 Å². The molecule has 2 unspecified atom stereocenters. The minimum atomic E-state index is -0.928. The SMILES string of the molecule is O=C1CCC(N2C(=O)c3ccc(CNCC4CCCCCN4)cc3C2=O)C(=O)N1. The van der Waals surface area contributed by atoms with Crippen LogP contribution >= 0.6 is 0 Å². The number of benzene rings is 1. The Bertz CT molecular complexity index is 845. The standard InChI is InChI=1S/C21H26N4O4/c26-18-8-7-17(19(27)24-18)25-20(28)15-6-5-13(10-16(15)21(25)29)11-22-12-14-4-2-1-3-9-23-14/h5-6,10,14,17,22-23H,1-4,7-9,11-12H2,(H,24,26,27). The molecule has 1 aromatic rings. The van der Waals surface area contributed by atoms with Gasteiger partial charge in [0.05, 0.1) is 11.1 Å². The van der Waals surface area contributed by atoms with Crippen LogP contribution in [0.3, 0.4) is 0 Å². The highest BCUT2D eigenvalue weighted by Gasteiger charge is 2.44. The van der Waals surface area contributed by atoms with E-state index in [2.05, 4.69) is 16.0 Å². The van der Waals surface area contributed by atoms with Gasteiger partial charge in [0, 0.05) is 25.6 Å². The first-order valence-corrected chi connectivity index (χ1v) is 10.3.